The number of likely N-dealkylation sites (N-methyl/N-ethyl adjacent to an activating group) is 1. The number of aliphatic hydroxyl groups excluding tert-OH is 1. The number of piperidine rings is 1. The van der Waals surface area contributed by atoms with Gasteiger partial charge in [0.2, 0.25) is 0 Å². The van der Waals surface area contributed by atoms with Gasteiger partial charge in [0, 0.05) is 19.3 Å². The predicted molar refractivity (Wildman–Crippen MR) is 81.7 cm³/mol. The lowest BCUT2D eigenvalue weighted by Gasteiger charge is -2.48. The number of hydrogen-bond donors (Lipinski definition) is 1. The lowest BCUT2D eigenvalue weighted by Crippen LogP contribution is -2.53. The molecule has 2 aliphatic heterocycles. The van der Waals surface area contributed by atoms with E-state index < -0.39 is 11.9 Å². The molecular formula is C17H23NO4. The van der Waals surface area contributed by atoms with Gasteiger partial charge in [0.25, 0.3) is 0 Å². The van der Waals surface area contributed by atoms with Crippen LogP contribution in [0.2, 0.25) is 0 Å². The molecule has 0 aliphatic carbocycles. The number of aliphatic hydroxyl groups is 1. The molecule has 0 saturated carbocycles. The van der Waals surface area contributed by atoms with Crippen molar-refractivity contribution in [3.8, 4) is 0 Å². The monoisotopic (exact) mass is 305 g/mol. The first kappa shape index (κ1) is 15.5. The number of hydrogen-bond acceptors (Lipinski definition) is 4. The lowest BCUT2D eigenvalue weighted by atomic mass is 10.00. The van der Waals surface area contributed by atoms with Crippen molar-refractivity contribution in [2.75, 3.05) is 13.7 Å². The molecule has 1 aromatic rings. The summed E-state index contributed by atoms with van der Waals surface area (Å²) in [5.41, 5.74) is 0.746. The largest absolute Gasteiger partial charge is 0.632 e. The van der Waals surface area contributed by atoms with Crippen LogP contribution in [0.25, 0.3) is 0 Å². The molecule has 0 spiro atoms. The van der Waals surface area contributed by atoms with Crippen molar-refractivity contribution in [3.63, 3.8) is 0 Å². The highest BCUT2D eigenvalue weighted by molar-refractivity contribution is 5.78. The molecule has 2 bridgehead atoms. The van der Waals surface area contributed by atoms with Crippen molar-refractivity contribution in [2.45, 2.75) is 49.8 Å². The molecule has 5 heteroatoms. The van der Waals surface area contributed by atoms with E-state index in [1.807, 2.05) is 30.3 Å². The molecule has 5 unspecified atom stereocenters. The third-order valence-electron chi connectivity index (χ3n) is 5.29. The molecule has 1 N–H and O–H groups in total. The summed E-state index contributed by atoms with van der Waals surface area (Å²) in [5.74, 6) is -1.10. The maximum absolute atomic E-state index is 12.6. The van der Waals surface area contributed by atoms with Crippen molar-refractivity contribution >= 4 is 5.97 Å². The molecule has 2 aliphatic rings. The number of nitrogens with zero attached hydrogens (tertiary/aromatic N) is 1. The van der Waals surface area contributed by atoms with E-state index in [9.17, 15) is 15.1 Å². The van der Waals surface area contributed by atoms with Gasteiger partial charge in [-0.2, -0.15) is 0 Å². The Bertz CT molecular complexity index is 531. The zero-order valence-electron chi connectivity index (χ0n) is 12.9. The SMILES string of the molecule is C[N+]1([O-])C2CCCC1C(OC(=O)C(CO)c1ccccc1)C2. The minimum atomic E-state index is -0.674. The molecule has 1 aromatic carbocycles. The summed E-state index contributed by atoms with van der Waals surface area (Å²) in [6.45, 7) is -0.285. The maximum Gasteiger partial charge on any atom is 0.316 e. The van der Waals surface area contributed by atoms with E-state index in [4.69, 9.17) is 4.74 Å². The minimum Gasteiger partial charge on any atom is -0.632 e. The molecule has 120 valence electrons. The Morgan fingerprint density at radius 1 is 1.41 bits per heavy atom. The molecular weight excluding hydrogens is 282 g/mol. The van der Waals surface area contributed by atoms with Crippen LogP contribution in [0.4, 0.5) is 0 Å². The average Bonchev–Trinajstić information content (AvgIpc) is 2.67. The van der Waals surface area contributed by atoms with Crippen LogP contribution in [-0.2, 0) is 9.53 Å². The Kier molecular flexibility index (Phi) is 4.21. The van der Waals surface area contributed by atoms with Gasteiger partial charge in [-0.05, 0) is 12.0 Å². The highest BCUT2D eigenvalue weighted by Crippen LogP contribution is 2.42. The third-order valence-corrected chi connectivity index (χ3v) is 5.29. The van der Waals surface area contributed by atoms with E-state index in [-0.39, 0.29) is 29.4 Å². The fraction of sp³-hybridized carbons (Fsp3) is 0.588. The minimum absolute atomic E-state index is 0.0425. The van der Waals surface area contributed by atoms with Gasteiger partial charge in [0.05, 0.1) is 19.7 Å². The second-order valence-electron chi connectivity index (χ2n) is 6.57. The van der Waals surface area contributed by atoms with E-state index >= 15 is 0 Å². The number of fused-ring (bicyclic) bond motifs is 2. The van der Waals surface area contributed by atoms with E-state index in [0.29, 0.717) is 6.42 Å². The Morgan fingerprint density at radius 3 is 2.77 bits per heavy atom. The zero-order valence-corrected chi connectivity index (χ0v) is 12.9. The van der Waals surface area contributed by atoms with Crippen molar-refractivity contribution in [2.24, 2.45) is 0 Å². The summed E-state index contributed by atoms with van der Waals surface area (Å²) in [6, 6.07) is 9.03. The van der Waals surface area contributed by atoms with Gasteiger partial charge < -0.3 is 19.7 Å². The van der Waals surface area contributed by atoms with Crippen molar-refractivity contribution in [3.05, 3.63) is 41.1 Å². The van der Waals surface area contributed by atoms with Gasteiger partial charge in [-0.15, -0.1) is 0 Å². The Balaban J connectivity index is 1.72. The van der Waals surface area contributed by atoms with Crippen LogP contribution < -0.4 is 0 Å². The van der Waals surface area contributed by atoms with Crippen LogP contribution in [-0.4, -0.2) is 47.6 Å². The first-order chi connectivity index (χ1) is 10.5. The number of benzene rings is 1. The van der Waals surface area contributed by atoms with Crippen LogP contribution in [0.5, 0.6) is 0 Å². The van der Waals surface area contributed by atoms with E-state index in [1.165, 1.54) is 0 Å². The number of carbonyl (C=O) groups is 1. The maximum atomic E-state index is 12.6. The standard InChI is InChI=1S/C17H23NO4/c1-18(21)13-8-5-9-15(18)16(10-13)22-17(20)14(11-19)12-6-3-2-4-7-12/h2-4,6-7,13-16,19H,5,8-11H2,1H3. The van der Waals surface area contributed by atoms with Gasteiger partial charge in [-0.3, -0.25) is 4.79 Å². The average molecular weight is 305 g/mol. The molecule has 3 rings (SSSR count). The lowest BCUT2D eigenvalue weighted by molar-refractivity contribution is -0.903. The van der Waals surface area contributed by atoms with Gasteiger partial charge in [0.1, 0.15) is 12.0 Å². The summed E-state index contributed by atoms with van der Waals surface area (Å²) in [5, 5.41) is 22.2. The summed E-state index contributed by atoms with van der Waals surface area (Å²) < 4.78 is 5.37. The number of esters is 1. The second-order valence-corrected chi connectivity index (χ2v) is 6.57. The molecule has 5 atom stereocenters. The van der Waals surface area contributed by atoms with Gasteiger partial charge in [0.15, 0.2) is 6.10 Å². The molecule has 0 radical (unpaired) electrons. The Morgan fingerprint density at radius 2 is 2.14 bits per heavy atom. The summed E-state index contributed by atoms with van der Waals surface area (Å²) in [6.07, 6.45) is 3.07. The summed E-state index contributed by atoms with van der Waals surface area (Å²) in [4.78, 5) is 12.4. The molecule has 0 amide bonds. The van der Waals surface area contributed by atoms with E-state index in [2.05, 4.69) is 0 Å². The van der Waals surface area contributed by atoms with Crippen LogP contribution in [0.15, 0.2) is 30.3 Å². The van der Waals surface area contributed by atoms with Gasteiger partial charge in [-0.25, -0.2) is 0 Å². The first-order valence-corrected chi connectivity index (χ1v) is 7.97. The van der Waals surface area contributed by atoms with E-state index in [1.54, 1.807) is 7.05 Å². The molecule has 2 saturated heterocycles. The topological polar surface area (TPSA) is 69.6 Å². The fourth-order valence-corrected chi connectivity index (χ4v) is 3.97. The molecule has 0 aromatic heterocycles. The van der Waals surface area contributed by atoms with Gasteiger partial charge >= 0.3 is 5.97 Å². The molecule has 2 fully saturated rings. The zero-order chi connectivity index (χ0) is 15.7. The number of carbonyl (C=O) groups excluding carboxylic acids is 1. The van der Waals surface area contributed by atoms with Crippen molar-refractivity contribution in [1.82, 2.24) is 0 Å². The molecule has 2 heterocycles. The third kappa shape index (κ3) is 2.64. The van der Waals surface area contributed by atoms with Crippen molar-refractivity contribution in [1.29, 1.82) is 0 Å². The van der Waals surface area contributed by atoms with Crippen LogP contribution in [0.1, 0.15) is 37.2 Å². The number of rotatable bonds is 4. The van der Waals surface area contributed by atoms with Crippen LogP contribution in [0, 0.1) is 5.21 Å². The number of ether oxygens (including phenoxy) is 1. The number of hydroxylamine groups is 3. The van der Waals surface area contributed by atoms with Crippen molar-refractivity contribution < 1.29 is 19.3 Å². The highest BCUT2D eigenvalue weighted by atomic mass is 16.6. The normalized spacial score (nSPS) is 35.1. The second kappa shape index (κ2) is 5.99. The van der Waals surface area contributed by atoms with E-state index in [0.717, 1.165) is 24.8 Å². The Labute approximate surface area is 130 Å². The smallest absolute Gasteiger partial charge is 0.316 e. The molecule has 5 nitrogen and oxygen atoms in total. The predicted octanol–water partition coefficient (Wildman–Crippen LogP) is 1.94. The first-order valence-electron chi connectivity index (χ1n) is 7.97. The Hall–Kier alpha value is -1.43. The number of quaternary nitrogens is 1. The highest BCUT2D eigenvalue weighted by Gasteiger charge is 2.51. The summed E-state index contributed by atoms with van der Waals surface area (Å²) >= 11 is 0. The summed E-state index contributed by atoms with van der Waals surface area (Å²) in [7, 11) is 1.70. The van der Waals surface area contributed by atoms with Crippen LogP contribution >= 0.6 is 0 Å². The fourth-order valence-electron chi connectivity index (χ4n) is 3.97. The molecule has 22 heavy (non-hydrogen) atoms. The quantitative estimate of drug-likeness (QED) is 0.524. The van der Waals surface area contributed by atoms with Gasteiger partial charge in [-0.1, -0.05) is 30.3 Å². The van der Waals surface area contributed by atoms with Crippen LogP contribution in [0.3, 0.4) is 0 Å².